The Balaban J connectivity index is 2.48. The van der Waals surface area contributed by atoms with Crippen molar-refractivity contribution >= 4 is 11.3 Å². The van der Waals surface area contributed by atoms with Gasteiger partial charge in [-0.05, 0) is 0 Å². The molecule has 74 valence electrons. The molecule has 1 unspecified atom stereocenters. The van der Waals surface area contributed by atoms with E-state index in [1.807, 2.05) is 5.38 Å². The minimum atomic E-state index is -0.488. The van der Waals surface area contributed by atoms with Crippen LogP contribution >= 0.6 is 11.3 Å². The molecule has 0 aliphatic rings. The number of thiazole rings is 1. The lowest BCUT2D eigenvalue weighted by molar-refractivity contribution is 0.179. The summed E-state index contributed by atoms with van der Waals surface area (Å²) in [6.45, 7) is 0.806. The standard InChI is InChI=1S/C8H14N2O2S/c1-12-4-8-10-6(5-13-8)2-7(11)3-9/h5,7,11H,2-4,9H2,1H3. The fourth-order valence-corrected chi connectivity index (χ4v) is 1.73. The number of ether oxygens (including phenoxy) is 1. The van der Waals surface area contributed by atoms with E-state index in [1.54, 1.807) is 7.11 Å². The molecule has 0 aliphatic carbocycles. The van der Waals surface area contributed by atoms with E-state index in [9.17, 15) is 5.11 Å². The van der Waals surface area contributed by atoms with Gasteiger partial charge in [-0.2, -0.15) is 0 Å². The largest absolute Gasteiger partial charge is 0.391 e. The molecule has 0 aliphatic heterocycles. The van der Waals surface area contributed by atoms with Gasteiger partial charge in [-0.15, -0.1) is 11.3 Å². The van der Waals surface area contributed by atoms with Crippen molar-refractivity contribution in [2.24, 2.45) is 5.73 Å². The molecule has 0 fully saturated rings. The van der Waals surface area contributed by atoms with E-state index < -0.39 is 6.10 Å². The molecule has 4 nitrogen and oxygen atoms in total. The van der Waals surface area contributed by atoms with E-state index in [1.165, 1.54) is 11.3 Å². The molecule has 1 aromatic rings. The molecule has 5 heteroatoms. The maximum absolute atomic E-state index is 9.26. The Labute approximate surface area is 81.4 Å². The summed E-state index contributed by atoms with van der Waals surface area (Å²) < 4.78 is 4.93. The molecule has 0 spiro atoms. The van der Waals surface area contributed by atoms with E-state index in [2.05, 4.69) is 4.98 Å². The minimum Gasteiger partial charge on any atom is -0.391 e. The first kappa shape index (κ1) is 10.6. The molecule has 1 heterocycles. The summed E-state index contributed by atoms with van der Waals surface area (Å²) in [6.07, 6.45) is 0.0361. The molecule has 0 aromatic carbocycles. The third kappa shape index (κ3) is 3.40. The van der Waals surface area contributed by atoms with Crippen molar-refractivity contribution in [3.63, 3.8) is 0 Å². The third-order valence-electron chi connectivity index (χ3n) is 1.58. The van der Waals surface area contributed by atoms with Gasteiger partial charge >= 0.3 is 0 Å². The van der Waals surface area contributed by atoms with Gasteiger partial charge in [0.15, 0.2) is 0 Å². The van der Waals surface area contributed by atoms with Gasteiger partial charge in [-0.1, -0.05) is 0 Å². The highest BCUT2D eigenvalue weighted by atomic mass is 32.1. The van der Waals surface area contributed by atoms with E-state index in [0.29, 0.717) is 13.0 Å². The highest BCUT2D eigenvalue weighted by Gasteiger charge is 2.06. The fourth-order valence-electron chi connectivity index (χ4n) is 0.957. The Hall–Kier alpha value is -0.490. The second-order valence-corrected chi connectivity index (χ2v) is 3.70. The van der Waals surface area contributed by atoms with Crippen LogP contribution in [0.3, 0.4) is 0 Å². The molecular weight excluding hydrogens is 188 g/mol. The minimum absolute atomic E-state index is 0.275. The molecule has 0 amide bonds. The summed E-state index contributed by atoms with van der Waals surface area (Å²) in [5.41, 5.74) is 6.17. The lowest BCUT2D eigenvalue weighted by Crippen LogP contribution is -2.22. The second-order valence-electron chi connectivity index (χ2n) is 2.76. The zero-order chi connectivity index (χ0) is 9.68. The van der Waals surface area contributed by atoms with Gasteiger partial charge in [-0.3, -0.25) is 0 Å². The van der Waals surface area contributed by atoms with E-state index in [4.69, 9.17) is 10.5 Å². The summed E-state index contributed by atoms with van der Waals surface area (Å²) in [6, 6.07) is 0. The molecule has 1 rings (SSSR count). The van der Waals surface area contributed by atoms with Crippen LogP contribution in [0.4, 0.5) is 0 Å². The molecular formula is C8H14N2O2S. The number of rotatable bonds is 5. The normalized spacial score (nSPS) is 13.2. The number of aromatic nitrogens is 1. The number of aliphatic hydroxyl groups is 1. The van der Waals surface area contributed by atoms with Crippen LogP contribution in [0.1, 0.15) is 10.7 Å². The Kier molecular flexibility index (Phi) is 4.31. The summed E-state index contributed by atoms with van der Waals surface area (Å²) in [4.78, 5) is 4.27. The van der Waals surface area contributed by atoms with Crippen LogP contribution in [0.2, 0.25) is 0 Å². The highest BCUT2D eigenvalue weighted by molar-refractivity contribution is 7.09. The lowest BCUT2D eigenvalue weighted by Gasteiger charge is -2.03. The van der Waals surface area contributed by atoms with Crippen molar-refractivity contribution in [2.45, 2.75) is 19.1 Å². The quantitative estimate of drug-likeness (QED) is 0.713. The summed E-state index contributed by atoms with van der Waals surface area (Å²) >= 11 is 1.54. The number of nitrogens with zero attached hydrogens (tertiary/aromatic N) is 1. The first-order chi connectivity index (χ1) is 6.26. The summed E-state index contributed by atoms with van der Waals surface area (Å²) in [5, 5.41) is 12.1. The molecule has 1 atom stereocenters. The van der Waals surface area contributed by atoms with Crippen molar-refractivity contribution in [1.29, 1.82) is 0 Å². The van der Waals surface area contributed by atoms with Gasteiger partial charge in [0, 0.05) is 25.5 Å². The second kappa shape index (κ2) is 5.29. The summed E-state index contributed by atoms with van der Waals surface area (Å²) in [5.74, 6) is 0. The molecule has 0 saturated carbocycles. The fraction of sp³-hybridized carbons (Fsp3) is 0.625. The van der Waals surface area contributed by atoms with Gasteiger partial charge in [0.05, 0.1) is 18.4 Å². The van der Waals surface area contributed by atoms with Crippen LogP contribution in [0.25, 0.3) is 0 Å². The first-order valence-corrected chi connectivity index (χ1v) is 4.94. The maximum Gasteiger partial charge on any atom is 0.119 e. The number of hydrogen-bond acceptors (Lipinski definition) is 5. The number of nitrogens with two attached hydrogens (primary N) is 1. The van der Waals surface area contributed by atoms with Gasteiger partial charge in [0.2, 0.25) is 0 Å². The van der Waals surface area contributed by atoms with Crippen LogP contribution in [0, 0.1) is 0 Å². The van der Waals surface area contributed by atoms with E-state index in [0.717, 1.165) is 10.7 Å². The van der Waals surface area contributed by atoms with Crippen LogP contribution in [0.5, 0.6) is 0 Å². The molecule has 0 saturated heterocycles. The molecule has 13 heavy (non-hydrogen) atoms. The zero-order valence-corrected chi connectivity index (χ0v) is 8.38. The smallest absolute Gasteiger partial charge is 0.119 e. The number of aliphatic hydroxyl groups excluding tert-OH is 1. The molecule has 0 radical (unpaired) electrons. The number of methoxy groups -OCH3 is 1. The molecule has 0 bridgehead atoms. The van der Waals surface area contributed by atoms with Crippen LogP contribution in [-0.2, 0) is 17.8 Å². The first-order valence-electron chi connectivity index (χ1n) is 4.06. The highest BCUT2D eigenvalue weighted by Crippen LogP contribution is 2.11. The zero-order valence-electron chi connectivity index (χ0n) is 7.56. The average molecular weight is 202 g/mol. The lowest BCUT2D eigenvalue weighted by atomic mass is 10.2. The van der Waals surface area contributed by atoms with Crippen molar-refractivity contribution in [1.82, 2.24) is 4.98 Å². The Morgan fingerprint density at radius 1 is 1.77 bits per heavy atom. The van der Waals surface area contributed by atoms with E-state index in [-0.39, 0.29) is 6.54 Å². The number of hydrogen-bond donors (Lipinski definition) is 2. The summed E-state index contributed by atoms with van der Waals surface area (Å²) in [7, 11) is 1.63. The third-order valence-corrected chi connectivity index (χ3v) is 2.46. The Bertz CT molecular complexity index is 252. The SMILES string of the molecule is COCc1nc(CC(O)CN)cs1. The van der Waals surface area contributed by atoms with Crippen molar-refractivity contribution in [3.05, 3.63) is 16.1 Å². The van der Waals surface area contributed by atoms with Gasteiger partial charge in [0.25, 0.3) is 0 Å². The Morgan fingerprint density at radius 3 is 3.15 bits per heavy atom. The van der Waals surface area contributed by atoms with Crippen molar-refractivity contribution in [3.8, 4) is 0 Å². The predicted octanol–water partition coefficient (Wildman–Crippen LogP) is 0.152. The van der Waals surface area contributed by atoms with E-state index >= 15 is 0 Å². The molecule has 1 aromatic heterocycles. The topological polar surface area (TPSA) is 68.4 Å². The average Bonchev–Trinajstić information content (AvgIpc) is 2.53. The van der Waals surface area contributed by atoms with Crippen LogP contribution in [-0.4, -0.2) is 29.8 Å². The van der Waals surface area contributed by atoms with Crippen LogP contribution < -0.4 is 5.73 Å². The Morgan fingerprint density at radius 2 is 2.54 bits per heavy atom. The van der Waals surface area contributed by atoms with Gasteiger partial charge in [0.1, 0.15) is 5.01 Å². The predicted molar refractivity (Wildman–Crippen MR) is 51.6 cm³/mol. The van der Waals surface area contributed by atoms with Gasteiger partial charge in [-0.25, -0.2) is 4.98 Å². The molecule has 3 N–H and O–H groups in total. The van der Waals surface area contributed by atoms with Crippen molar-refractivity contribution < 1.29 is 9.84 Å². The maximum atomic E-state index is 9.26. The van der Waals surface area contributed by atoms with Crippen molar-refractivity contribution in [2.75, 3.05) is 13.7 Å². The van der Waals surface area contributed by atoms with Crippen LogP contribution in [0.15, 0.2) is 5.38 Å². The van der Waals surface area contributed by atoms with Gasteiger partial charge < -0.3 is 15.6 Å². The monoisotopic (exact) mass is 202 g/mol.